The molecule has 0 bridgehead atoms. The molecule has 1 aromatic carbocycles. The molecule has 5 heteroatoms. The lowest BCUT2D eigenvalue weighted by Crippen LogP contribution is -1.99. The normalized spacial score (nSPS) is 10.2. The molecule has 1 heterocycles. The van der Waals surface area contributed by atoms with Gasteiger partial charge in [-0.05, 0) is 37.6 Å². The van der Waals surface area contributed by atoms with Crippen LogP contribution in [0.1, 0.15) is 11.4 Å². The van der Waals surface area contributed by atoms with Gasteiger partial charge < -0.3 is 4.74 Å². The zero-order chi connectivity index (χ0) is 11.5. The van der Waals surface area contributed by atoms with E-state index in [4.69, 9.17) is 4.74 Å². The largest absolute Gasteiger partial charge is 0.496 e. The smallest absolute Gasteiger partial charge is 0.203 e. The van der Waals surface area contributed by atoms with Gasteiger partial charge in [-0.2, -0.15) is 0 Å². The Balaban J connectivity index is 2.41. The van der Waals surface area contributed by atoms with Crippen LogP contribution in [0.5, 0.6) is 5.75 Å². The molecule has 0 saturated carbocycles. The van der Waals surface area contributed by atoms with E-state index in [0.29, 0.717) is 11.6 Å². The third kappa shape index (κ3) is 1.98. The van der Waals surface area contributed by atoms with Gasteiger partial charge in [-0.15, -0.1) is 20.4 Å². The summed E-state index contributed by atoms with van der Waals surface area (Å²) < 4.78 is 5.18. The standard InChI is InChI=1S/C11H12N4O/c1-7-6-9(4-5-10(7)16-3)11-14-12-8(2)13-15-11/h4-6H,1-3H3. The summed E-state index contributed by atoms with van der Waals surface area (Å²) in [7, 11) is 1.65. The summed E-state index contributed by atoms with van der Waals surface area (Å²) in [5.41, 5.74) is 1.92. The van der Waals surface area contributed by atoms with Crippen LogP contribution in [0.25, 0.3) is 11.4 Å². The zero-order valence-electron chi connectivity index (χ0n) is 9.43. The van der Waals surface area contributed by atoms with Crippen molar-refractivity contribution in [2.24, 2.45) is 0 Å². The summed E-state index contributed by atoms with van der Waals surface area (Å²) in [6.07, 6.45) is 0. The van der Waals surface area contributed by atoms with Gasteiger partial charge >= 0.3 is 0 Å². The molecule has 2 rings (SSSR count). The average Bonchev–Trinajstić information content (AvgIpc) is 2.30. The van der Waals surface area contributed by atoms with Crippen LogP contribution in [0.15, 0.2) is 18.2 Å². The first-order valence-electron chi connectivity index (χ1n) is 4.89. The van der Waals surface area contributed by atoms with E-state index in [0.717, 1.165) is 16.9 Å². The van der Waals surface area contributed by atoms with E-state index in [1.807, 2.05) is 25.1 Å². The second-order valence-electron chi connectivity index (χ2n) is 3.46. The molecule has 0 aliphatic heterocycles. The number of nitrogens with zero attached hydrogens (tertiary/aromatic N) is 4. The lowest BCUT2D eigenvalue weighted by molar-refractivity contribution is 0.412. The quantitative estimate of drug-likeness (QED) is 0.762. The van der Waals surface area contributed by atoms with Crippen molar-refractivity contribution < 1.29 is 4.74 Å². The first-order chi connectivity index (χ1) is 7.70. The fourth-order valence-corrected chi connectivity index (χ4v) is 1.41. The molecule has 82 valence electrons. The highest BCUT2D eigenvalue weighted by Gasteiger charge is 2.05. The summed E-state index contributed by atoms with van der Waals surface area (Å²) in [5, 5.41) is 15.7. The minimum Gasteiger partial charge on any atom is -0.496 e. The topological polar surface area (TPSA) is 60.8 Å². The highest BCUT2D eigenvalue weighted by atomic mass is 16.5. The molecule has 0 saturated heterocycles. The molecule has 5 nitrogen and oxygen atoms in total. The van der Waals surface area contributed by atoms with Gasteiger partial charge in [0.1, 0.15) is 5.75 Å². The number of ether oxygens (including phenoxy) is 1. The highest BCUT2D eigenvalue weighted by Crippen LogP contribution is 2.22. The van der Waals surface area contributed by atoms with Crippen LogP contribution < -0.4 is 4.74 Å². The molecule has 0 atom stereocenters. The second-order valence-corrected chi connectivity index (χ2v) is 3.46. The van der Waals surface area contributed by atoms with Crippen LogP contribution in [0.3, 0.4) is 0 Å². The molecule has 16 heavy (non-hydrogen) atoms. The third-order valence-corrected chi connectivity index (χ3v) is 2.23. The highest BCUT2D eigenvalue weighted by molar-refractivity contribution is 5.57. The van der Waals surface area contributed by atoms with Crippen LogP contribution in [-0.4, -0.2) is 27.5 Å². The predicted octanol–water partition coefficient (Wildman–Crippen LogP) is 1.56. The minimum absolute atomic E-state index is 0.524. The monoisotopic (exact) mass is 216 g/mol. The maximum atomic E-state index is 5.18. The Morgan fingerprint density at radius 3 is 2.25 bits per heavy atom. The fourth-order valence-electron chi connectivity index (χ4n) is 1.41. The summed E-state index contributed by atoms with van der Waals surface area (Å²) >= 11 is 0. The Kier molecular flexibility index (Phi) is 2.76. The molecular formula is C11H12N4O. The Hall–Kier alpha value is -2.04. The van der Waals surface area contributed by atoms with Crippen molar-refractivity contribution >= 4 is 0 Å². The molecule has 0 N–H and O–H groups in total. The van der Waals surface area contributed by atoms with E-state index in [1.165, 1.54) is 0 Å². The first kappa shape index (κ1) is 10.5. The van der Waals surface area contributed by atoms with Crippen LogP contribution >= 0.6 is 0 Å². The zero-order valence-corrected chi connectivity index (χ0v) is 9.43. The van der Waals surface area contributed by atoms with Gasteiger partial charge in [-0.1, -0.05) is 0 Å². The van der Waals surface area contributed by atoms with Crippen molar-refractivity contribution in [3.8, 4) is 17.1 Å². The Bertz CT molecular complexity index is 496. The molecular weight excluding hydrogens is 204 g/mol. The summed E-state index contributed by atoms with van der Waals surface area (Å²) in [6.45, 7) is 3.72. The molecule has 0 aliphatic rings. The Morgan fingerprint density at radius 2 is 1.69 bits per heavy atom. The Morgan fingerprint density at radius 1 is 1.00 bits per heavy atom. The molecule has 0 amide bonds. The summed E-state index contributed by atoms with van der Waals surface area (Å²) in [4.78, 5) is 0. The average molecular weight is 216 g/mol. The van der Waals surface area contributed by atoms with Gasteiger partial charge in [0.15, 0.2) is 5.82 Å². The van der Waals surface area contributed by atoms with E-state index in [2.05, 4.69) is 20.4 Å². The van der Waals surface area contributed by atoms with E-state index in [1.54, 1.807) is 14.0 Å². The summed E-state index contributed by atoms with van der Waals surface area (Å²) in [5.74, 6) is 1.93. The first-order valence-corrected chi connectivity index (χ1v) is 4.89. The Labute approximate surface area is 93.5 Å². The molecule has 0 unspecified atom stereocenters. The number of hydrogen-bond acceptors (Lipinski definition) is 5. The van der Waals surface area contributed by atoms with Gasteiger partial charge in [0, 0.05) is 5.56 Å². The number of rotatable bonds is 2. The SMILES string of the molecule is COc1ccc(-c2nnc(C)nn2)cc1C. The van der Waals surface area contributed by atoms with Crippen LogP contribution in [-0.2, 0) is 0 Å². The number of aryl methyl sites for hydroxylation is 2. The van der Waals surface area contributed by atoms with E-state index in [-0.39, 0.29) is 0 Å². The van der Waals surface area contributed by atoms with Crippen molar-refractivity contribution in [3.63, 3.8) is 0 Å². The van der Waals surface area contributed by atoms with Gasteiger partial charge in [-0.3, -0.25) is 0 Å². The number of aromatic nitrogens is 4. The molecule has 0 radical (unpaired) electrons. The van der Waals surface area contributed by atoms with Crippen molar-refractivity contribution in [1.29, 1.82) is 0 Å². The maximum absolute atomic E-state index is 5.18. The number of methoxy groups -OCH3 is 1. The van der Waals surface area contributed by atoms with Gasteiger partial charge in [0.25, 0.3) is 0 Å². The fraction of sp³-hybridized carbons (Fsp3) is 0.273. The minimum atomic E-state index is 0.524. The molecule has 0 spiro atoms. The lowest BCUT2D eigenvalue weighted by atomic mass is 10.1. The van der Waals surface area contributed by atoms with Gasteiger partial charge in [0.2, 0.25) is 5.82 Å². The van der Waals surface area contributed by atoms with Crippen LogP contribution in [0.4, 0.5) is 0 Å². The molecule has 2 aromatic rings. The van der Waals surface area contributed by atoms with Crippen molar-refractivity contribution in [1.82, 2.24) is 20.4 Å². The number of benzene rings is 1. The summed E-state index contributed by atoms with van der Waals surface area (Å²) in [6, 6.07) is 5.72. The van der Waals surface area contributed by atoms with Crippen LogP contribution in [0, 0.1) is 13.8 Å². The van der Waals surface area contributed by atoms with E-state index >= 15 is 0 Å². The maximum Gasteiger partial charge on any atom is 0.203 e. The predicted molar refractivity (Wildman–Crippen MR) is 59.1 cm³/mol. The third-order valence-electron chi connectivity index (χ3n) is 2.23. The van der Waals surface area contributed by atoms with Gasteiger partial charge in [-0.25, -0.2) is 0 Å². The van der Waals surface area contributed by atoms with Crippen molar-refractivity contribution in [2.45, 2.75) is 13.8 Å². The van der Waals surface area contributed by atoms with Gasteiger partial charge in [0.05, 0.1) is 7.11 Å². The second kappa shape index (κ2) is 4.22. The molecule has 0 fully saturated rings. The van der Waals surface area contributed by atoms with E-state index in [9.17, 15) is 0 Å². The van der Waals surface area contributed by atoms with Crippen molar-refractivity contribution in [3.05, 3.63) is 29.6 Å². The molecule has 1 aromatic heterocycles. The van der Waals surface area contributed by atoms with Crippen molar-refractivity contribution in [2.75, 3.05) is 7.11 Å². The van der Waals surface area contributed by atoms with E-state index < -0.39 is 0 Å². The van der Waals surface area contributed by atoms with Crippen LogP contribution in [0.2, 0.25) is 0 Å². The lowest BCUT2D eigenvalue weighted by Gasteiger charge is -2.05. The number of hydrogen-bond donors (Lipinski definition) is 0. The molecule has 0 aliphatic carbocycles.